The normalized spacial score (nSPS) is 11.2. The summed E-state index contributed by atoms with van der Waals surface area (Å²) in [5, 5.41) is 26.8. The summed E-state index contributed by atoms with van der Waals surface area (Å²) in [6.07, 6.45) is 2.82. The van der Waals surface area contributed by atoms with E-state index in [-0.39, 0.29) is 17.9 Å². The topological polar surface area (TPSA) is 123 Å². The van der Waals surface area contributed by atoms with E-state index in [1.165, 1.54) is 24.6 Å². The molecule has 0 saturated carbocycles. The number of carbonyl (C=O) groups is 2. The molecule has 0 radical (unpaired) electrons. The van der Waals surface area contributed by atoms with Gasteiger partial charge in [0, 0.05) is 11.1 Å². The molecule has 0 atom stereocenters. The molecule has 0 heterocycles. The lowest BCUT2D eigenvalue weighted by Gasteiger charge is -2.10. The zero-order valence-corrected chi connectivity index (χ0v) is 14.7. The van der Waals surface area contributed by atoms with E-state index in [0.717, 1.165) is 0 Å². The smallest absolute Gasteiger partial charge is 0.252 e. The summed E-state index contributed by atoms with van der Waals surface area (Å²) in [6.45, 7) is 1.68. The van der Waals surface area contributed by atoms with Crippen molar-refractivity contribution in [1.29, 1.82) is 0 Å². The van der Waals surface area contributed by atoms with Crippen LogP contribution in [0.1, 0.15) is 24.5 Å². The molecule has 0 aliphatic heterocycles. The summed E-state index contributed by atoms with van der Waals surface area (Å²) in [4.78, 5) is 24.3. The second kappa shape index (κ2) is 9.71. The quantitative estimate of drug-likeness (QED) is 0.337. The van der Waals surface area contributed by atoms with Crippen LogP contribution < -0.4 is 10.9 Å². The Bertz CT molecular complexity index is 795. The zero-order chi connectivity index (χ0) is 19.6. The Labute approximate surface area is 156 Å². The van der Waals surface area contributed by atoms with Gasteiger partial charge >= 0.3 is 0 Å². The predicted molar refractivity (Wildman–Crippen MR) is 101 cm³/mol. The second-order valence-corrected chi connectivity index (χ2v) is 5.55. The highest BCUT2D eigenvalue weighted by molar-refractivity contribution is 6.00. The lowest BCUT2D eigenvalue weighted by atomic mass is 10.1. The van der Waals surface area contributed by atoms with E-state index >= 15 is 0 Å². The van der Waals surface area contributed by atoms with Crippen LogP contribution in [-0.4, -0.2) is 34.5 Å². The molecule has 4 N–H and O–H groups in total. The Morgan fingerprint density at radius 3 is 1.67 bits per heavy atom. The van der Waals surface area contributed by atoms with Gasteiger partial charge in [0.2, 0.25) is 0 Å². The number of nitrogens with one attached hydrogen (secondary N) is 2. The number of nitrogens with zero attached hydrogens (tertiary/aromatic N) is 2. The predicted octanol–water partition coefficient (Wildman–Crippen LogP) is 1.72. The fourth-order valence-electron chi connectivity index (χ4n) is 2.17. The van der Waals surface area contributed by atoms with Crippen LogP contribution in [-0.2, 0) is 9.59 Å². The van der Waals surface area contributed by atoms with Crippen molar-refractivity contribution in [2.45, 2.75) is 13.3 Å². The molecule has 0 fully saturated rings. The van der Waals surface area contributed by atoms with Crippen LogP contribution >= 0.6 is 0 Å². The van der Waals surface area contributed by atoms with Crippen molar-refractivity contribution in [2.75, 3.05) is 0 Å². The van der Waals surface area contributed by atoms with Gasteiger partial charge < -0.3 is 10.2 Å². The molecule has 0 unspecified atom stereocenters. The zero-order valence-electron chi connectivity index (χ0n) is 14.7. The molecule has 27 heavy (non-hydrogen) atoms. The molecule has 0 bridgehead atoms. The molecule has 2 aromatic carbocycles. The van der Waals surface area contributed by atoms with Crippen LogP contribution in [0.2, 0.25) is 0 Å². The lowest BCUT2D eigenvalue weighted by Crippen LogP contribution is -2.37. The number of hydrogen-bond donors (Lipinski definition) is 4. The number of hydrazone groups is 2. The summed E-state index contributed by atoms with van der Waals surface area (Å²) in [7, 11) is 0. The summed E-state index contributed by atoms with van der Waals surface area (Å²) >= 11 is 0. The number of rotatable bonds is 7. The highest BCUT2D eigenvalue weighted by atomic mass is 16.3. The molecule has 2 amide bonds. The van der Waals surface area contributed by atoms with Gasteiger partial charge in [-0.3, -0.25) is 9.59 Å². The SMILES string of the molecule is CCC(C(=O)N/N=C/c1ccccc1O)C(=O)N/N=C/c1ccccc1O. The molecule has 140 valence electrons. The number of hydrogen-bond acceptors (Lipinski definition) is 6. The number of para-hydroxylation sites is 2. The van der Waals surface area contributed by atoms with E-state index in [1.54, 1.807) is 43.3 Å². The largest absolute Gasteiger partial charge is 0.507 e. The van der Waals surface area contributed by atoms with Gasteiger partial charge in [-0.2, -0.15) is 10.2 Å². The number of aromatic hydroxyl groups is 2. The maximum Gasteiger partial charge on any atom is 0.252 e. The third-order valence-electron chi connectivity index (χ3n) is 3.67. The Morgan fingerprint density at radius 2 is 1.30 bits per heavy atom. The van der Waals surface area contributed by atoms with Gasteiger partial charge in [0.1, 0.15) is 17.4 Å². The van der Waals surface area contributed by atoms with Crippen LogP contribution in [0.15, 0.2) is 58.7 Å². The average molecular weight is 368 g/mol. The minimum Gasteiger partial charge on any atom is -0.507 e. The van der Waals surface area contributed by atoms with Crippen molar-refractivity contribution in [3.63, 3.8) is 0 Å². The van der Waals surface area contributed by atoms with E-state index < -0.39 is 17.7 Å². The molecule has 0 spiro atoms. The number of carbonyl (C=O) groups excluding carboxylic acids is 2. The standard InChI is InChI=1S/C19H20N4O4/c1-2-15(18(26)22-20-11-13-7-3-5-9-16(13)24)19(27)23-21-12-14-8-4-6-10-17(14)25/h3-12,15,24-25H,2H2,1H3,(H,22,26)(H,23,27)/b20-11+,21-12+. The first-order valence-corrected chi connectivity index (χ1v) is 8.24. The van der Waals surface area contributed by atoms with E-state index in [2.05, 4.69) is 21.1 Å². The first-order valence-electron chi connectivity index (χ1n) is 8.24. The first-order chi connectivity index (χ1) is 13.0. The average Bonchev–Trinajstić information content (AvgIpc) is 2.65. The Kier molecular flexibility index (Phi) is 7.07. The third kappa shape index (κ3) is 5.67. The first kappa shape index (κ1) is 19.6. The summed E-state index contributed by atoms with van der Waals surface area (Å²) in [5.41, 5.74) is 5.41. The fourth-order valence-corrected chi connectivity index (χ4v) is 2.17. The Hall–Kier alpha value is -3.68. The minimum atomic E-state index is -0.993. The summed E-state index contributed by atoms with van der Waals surface area (Å²) < 4.78 is 0. The van der Waals surface area contributed by atoms with Gasteiger partial charge in [-0.1, -0.05) is 31.2 Å². The Balaban J connectivity index is 1.92. The van der Waals surface area contributed by atoms with E-state index in [1.807, 2.05) is 0 Å². The molecule has 8 heteroatoms. The number of phenolic OH excluding ortho intramolecular Hbond substituents is 2. The van der Waals surface area contributed by atoms with Gasteiger partial charge in [0.05, 0.1) is 12.4 Å². The number of benzene rings is 2. The van der Waals surface area contributed by atoms with Crippen molar-refractivity contribution in [3.8, 4) is 11.5 Å². The molecular weight excluding hydrogens is 348 g/mol. The molecule has 2 aromatic rings. The molecule has 0 aliphatic carbocycles. The summed E-state index contributed by atoms with van der Waals surface area (Å²) in [5.74, 6) is -2.13. The van der Waals surface area contributed by atoms with Gasteiger partial charge in [-0.15, -0.1) is 0 Å². The van der Waals surface area contributed by atoms with Crippen molar-refractivity contribution in [1.82, 2.24) is 10.9 Å². The number of amides is 2. The van der Waals surface area contributed by atoms with E-state index in [0.29, 0.717) is 11.1 Å². The third-order valence-corrected chi connectivity index (χ3v) is 3.67. The number of phenols is 2. The molecule has 8 nitrogen and oxygen atoms in total. The molecule has 2 rings (SSSR count). The van der Waals surface area contributed by atoms with E-state index in [9.17, 15) is 19.8 Å². The molecule has 0 saturated heterocycles. The maximum atomic E-state index is 12.1. The highest BCUT2D eigenvalue weighted by Crippen LogP contribution is 2.13. The van der Waals surface area contributed by atoms with Gasteiger partial charge in [0.15, 0.2) is 0 Å². The van der Waals surface area contributed by atoms with E-state index in [4.69, 9.17) is 0 Å². The minimum absolute atomic E-state index is 0.0267. The van der Waals surface area contributed by atoms with Crippen molar-refractivity contribution >= 4 is 24.2 Å². The second-order valence-electron chi connectivity index (χ2n) is 5.55. The lowest BCUT2D eigenvalue weighted by molar-refractivity contribution is -0.135. The molecular formula is C19H20N4O4. The highest BCUT2D eigenvalue weighted by Gasteiger charge is 2.24. The molecule has 0 aromatic heterocycles. The monoisotopic (exact) mass is 368 g/mol. The summed E-state index contributed by atoms with van der Waals surface area (Å²) in [6, 6.07) is 13.0. The fraction of sp³-hybridized carbons (Fsp3) is 0.158. The van der Waals surface area contributed by atoms with Gasteiger partial charge in [-0.05, 0) is 30.7 Å². The van der Waals surface area contributed by atoms with Crippen molar-refractivity contribution < 1.29 is 19.8 Å². The van der Waals surface area contributed by atoms with Crippen molar-refractivity contribution in [3.05, 3.63) is 59.7 Å². The van der Waals surface area contributed by atoms with Crippen LogP contribution in [0.5, 0.6) is 11.5 Å². The molecule has 0 aliphatic rings. The van der Waals surface area contributed by atoms with Crippen LogP contribution in [0, 0.1) is 5.92 Å². The van der Waals surface area contributed by atoms with Crippen LogP contribution in [0.25, 0.3) is 0 Å². The van der Waals surface area contributed by atoms with Crippen LogP contribution in [0.4, 0.5) is 0 Å². The van der Waals surface area contributed by atoms with Gasteiger partial charge in [-0.25, -0.2) is 10.9 Å². The Morgan fingerprint density at radius 1 is 0.889 bits per heavy atom. The van der Waals surface area contributed by atoms with Crippen molar-refractivity contribution in [2.24, 2.45) is 16.1 Å². The van der Waals surface area contributed by atoms with Gasteiger partial charge in [0.25, 0.3) is 11.8 Å². The maximum absolute atomic E-state index is 12.1. The van der Waals surface area contributed by atoms with Crippen LogP contribution in [0.3, 0.4) is 0 Å².